The van der Waals surface area contributed by atoms with E-state index in [0.29, 0.717) is 12.1 Å². The lowest BCUT2D eigenvalue weighted by Crippen LogP contribution is -2.48. The lowest BCUT2D eigenvalue weighted by atomic mass is 9.98. The summed E-state index contributed by atoms with van der Waals surface area (Å²) in [6, 6.07) is 0.566. The van der Waals surface area contributed by atoms with Crippen LogP contribution in [0.3, 0.4) is 0 Å². The van der Waals surface area contributed by atoms with Gasteiger partial charge in [-0.3, -0.25) is 0 Å². The molecule has 0 aromatic carbocycles. The maximum Gasteiger partial charge on any atom is 0.317 e. The molecule has 1 saturated carbocycles. The van der Waals surface area contributed by atoms with Crippen molar-refractivity contribution >= 4 is 6.03 Å². The third-order valence-electron chi connectivity index (χ3n) is 4.86. The van der Waals surface area contributed by atoms with Gasteiger partial charge in [-0.1, -0.05) is 26.2 Å². The standard InChI is InChI=1S/C17H32N2O2/c1-2-15-9-6-7-13-19(15)17(20)18-12-8-14-21-16-10-4-3-5-11-16/h15-16H,2-14H2,1H3,(H,18,20). The van der Waals surface area contributed by atoms with E-state index >= 15 is 0 Å². The Kier molecular flexibility index (Phi) is 7.34. The molecule has 0 radical (unpaired) electrons. The Morgan fingerprint density at radius 1 is 1.14 bits per heavy atom. The third kappa shape index (κ3) is 5.50. The molecule has 4 nitrogen and oxygen atoms in total. The lowest BCUT2D eigenvalue weighted by molar-refractivity contribution is 0.0274. The van der Waals surface area contributed by atoms with Crippen molar-refractivity contribution < 1.29 is 9.53 Å². The van der Waals surface area contributed by atoms with E-state index in [1.165, 1.54) is 38.5 Å². The molecule has 0 aromatic rings. The van der Waals surface area contributed by atoms with E-state index in [9.17, 15) is 4.79 Å². The molecule has 1 atom stereocenters. The highest BCUT2D eigenvalue weighted by Gasteiger charge is 2.24. The lowest BCUT2D eigenvalue weighted by Gasteiger charge is -2.35. The Labute approximate surface area is 129 Å². The van der Waals surface area contributed by atoms with Gasteiger partial charge < -0.3 is 15.0 Å². The molecule has 2 aliphatic rings. The number of urea groups is 1. The zero-order valence-corrected chi connectivity index (χ0v) is 13.6. The molecule has 0 spiro atoms. The average Bonchev–Trinajstić information content (AvgIpc) is 2.55. The molecule has 2 rings (SSSR count). The van der Waals surface area contributed by atoms with Gasteiger partial charge in [-0.2, -0.15) is 0 Å². The van der Waals surface area contributed by atoms with Gasteiger partial charge in [0.05, 0.1) is 6.10 Å². The first-order valence-electron chi connectivity index (χ1n) is 8.97. The summed E-state index contributed by atoms with van der Waals surface area (Å²) in [6.45, 7) is 4.61. The first-order chi connectivity index (χ1) is 10.3. The van der Waals surface area contributed by atoms with Crippen molar-refractivity contribution in [3.63, 3.8) is 0 Å². The molecular weight excluding hydrogens is 264 g/mol. The maximum absolute atomic E-state index is 12.2. The zero-order chi connectivity index (χ0) is 14.9. The van der Waals surface area contributed by atoms with Crippen LogP contribution in [0.5, 0.6) is 0 Å². The van der Waals surface area contributed by atoms with E-state index in [4.69, 9.17) is 4.74 Å². The average molecular weight is 296 g/mol. The summed E-state index contributed by atoms with van der Waals surface area (Å²) in [5.74, 6) is 0. The molecular formula is C17H32N2O2. The minimum atomic E-state index is 0.124. The Morgan fingerprint density at radius 2 is 1.90 bits per heavy atom. The summed E-state index contributed by atoms with van der Waals surface area (Å²) in [6.07, 6.45) is 12.5. The molecule has 2 fully saturated rings. The molecule has 2 amide bonds. The third-order valence-corrected chi connectivity index (χ3v) is 4.86. The highest BCUT2D eigenvalue weighted by atomic mass is 16.5. The number of carbonyl (C=O) groups excluding carboxylic acids is 1. The van der Waals surface area contributed by atoms with Crippen molar-refractivity contribution in [1.82, 2.24) is 10.2 Å². The number of rotatable bonds is 6. The number of ether oxygens (including phenoxy) is 1. The largest absolute Gasteiger partial charge is 0.378 e. The molecule has 1 saturated heterocycles. The van der Waals surface area contributed by atoms with Crippen molar-refractivity contribution in [3.8, 4) is 0 Å². The fourth-order valence-corrected chi connectivity index (χ4v) is 3.54. The van der Waals surface area contributed by atoms with Gasteiger partial charge in [0.2, 0.25) is 0 Å². The molecule has 1 heterocycles. The second-order valence-electron chi connectivity index (χ2n) is 6.47. The second kappa shape index (κ2) is 9.29. The molecule has 1 aliphatic heterocycles. The van der Waals surface area contributed by atoms with E-state index in [1.54, 1.807) is 0 Å². The fourth-order valence-electron chi connectivity index (χ4n) is 3.54. The summed E-state index contributed by atoms with van der Waals surface area (Å²) < 4.78 is 5.89. The van der Waals surface area contributed by atoms with E-state index in [1.807, 2.05) is 4.90 Å². The van der Waals surface area contributed by atoms with Crippen molar-refractivity contribution in [1.29, 1.82) is 0 Å². The van der Waals surface area contributed by atoms with Gasteiger partial charge in [0.1, 0.15) is 0 Å². The summed E-state index contributed by atoms with van der Waals surface area (Å²) in [5, 5.41) is 3.06. The summed E-state index contributed by atoms with van der Waals surface area (Å²) >= 11 is 0. The van der Waals surface area contributed by atoms with Crippen molar-refractivity contribution in [2.45, 2.75) is 83.3 Å². The van der Waals surface area contributed by atoms with Crippen LogP contribution < -0.4 is 5.32 Å². The number of hydrogen-bond acceptors (Lipinski definition) is 2. The molecule has 1 unspecified atom stereocenters. The van der Waals surface area contributed by atoms with Crippen molar-refractivity contribution in [2.75, 3.05) is 19.7 Å². The van der Waals surface area contributed by atoms with Crippen LogP contribution in [0.4, 0.5) is 4.79 Å². The molecule has 0 bridgehead atoms. The molecule has 0 aromatic heterocycles. The predicted octanol–water partition coefficient (Wildman–Crippen LogP) is 3.70. The molecule has 4 heteroatoms. The number of hydrogen-bond donors (Lipinski definition) is 1. The van der Waals surface area contributed by atoms with E-state index < -0.39 is 0 Å². The summed E-state index contributed by atoms with van der Waals surface area (Å²) in [4.78, 5) is 14.2. The monoisotopic (exact) mass is 296 g/mol. The number of nitrogens with zero attached hydrogens (tertiary/aromatic N) is 1. The highest BCUT2D eigenvalue weighted by molar-refractivity contribution is 5.74. The number of carbonyl (C=O) groups is 1. The Balaban J connectivity index is 1.56. The topological polar surface area (TPSA) is 41.6 Å². The van der Waals surface area contributed by atoms with E-state index in [0.717, 1.165) is 45.4 Å². The van der Waals surface area contributed by atoms with Crippen molar-refractivity contribution in [3.05, 3.63) is 0 Å². The minimum Gasteiger partial charge on any atom is -0.378 e. The van der Waals surface area contributed by atoms with Gasteiger partial charge in [0.25, 0.3) is 0 Å². The van der Waals surface area contributed by atoms with Crippen LogP contribution >= 0.6 is 0 Å². The second-order valence-corrected chi connectivity index (χ2v) is 6.47. The summed E-state index contributed by atoms with van der Waals surface area (Å²) in [7, 11) is 0. The van der Waals surface area contributed by atoms with Gasteiger partial charge in [-0.25, -0.2) is 4.79 Å². The van der Waals surface area contributed by atoms with Crippen LogP contribution in [0.2, 0.25) is 0 Å². The first kappa shape index (κ1) is 16.6. The predicted molar refractivity (Wildman–Crippen MR) is 85.5 cm³/mol. The molecule has 21 heavy (non-hydrogen) atoms. The van der Waals surface area contributed by atoms with Gasteiger partial charge in [-0.15, -0.1) is 0 Å². The zero-order valence-electron chi connectivity index (χ0n) is 13.6. The first-order valence-corrected chi connectivity index (χ1v) is 8.97. The fraction of sp³-hybridized carbons (Fsp3) is 0.941. The van der Waals surface area contributed by atoms with Crippen LogP contribution in [0, 0.1) is 0 Å². The molecule has 122 valence electrons. The highest BCUT2D eigenvalue weighted by Crippen LogP contribution is 2.20. The number of piperidine rings is 1. The van der Waals surface area contributed by atoms with E-state index in [2.05, 4.69) is 12.2 Å². The SMILES string of the molecule is CCC1CCCCN1C(=O)NCCCOC1CCCCC1. The maximum atomic E-state index is 12.2. The number of nitrogens with one attached hydrogen (secondary N) is 1. The normalized spacial score (nSPS) is 24.0. The van der Waals surface area contributed by atoms with Crippen LogP contribution in [-0.2, 0) is 4.74 Å². The Morgan fingerprint density at radius 3 is 2.67 bits per heavy atom. The molecule has 1 aliphatic carbocycles. The Hall–Kier alpha value is -0.770. The number of likely N-dealkylation sites (tertiary alicyclic amines) is 1. The van der Waals surface area contributed by atoms with Crippen LogP contribution in [-0.4, -0.2) is 42.8 Å². The van der Waals surface area contributed by atoms with Gasteiger partial charge >= 0.3 is 6.03 Å². The van der Waals surface area contributed by atoms with Crippen LogP contribution in [0.1, 0.15) is 71.1 Å². The Bertz CT molecular complexity index is 303. The summed E-state index contributed by atoms with van der Waals surface area (Å²) in [5.41, 5.74) is 0. The van der Waals surface area contributed by atoms with Gasteiger partial charge in [-0.05, 0) is 44.9 Å². The minimum absolute atomic E-state index is 0.124. The molecule has 1 N–H and O–H groups in total. The van der Waals surface area contributed by atoms with Crippen LogP contribution in [0.15, 0.2) is 0 Å². The quantitative estimate of drug-likeness (QED) is 0.759. The van der Waals surface area contributed by atoms with E-state index in [-0.39, 0.29) is 6.03 Å². The van der Waals surface area contributed by atoms with Gasteiger partial charge in [0.15, 0.2) is 0 Å². The van der Waals surface area contributed by atoms with Crippen molar-refractivity contribution in [2.24, 2.45) is 0 Å². The smallest absolute Gasteiger partial charge is 0.317 e. The van der Waals surface area contributed by atoms with Gasteiger partial charge in [0, 0.05) is 25.7 Å². The van der Waals surface area contributed by atoms with Crippen LogP contribution in [0.25, 0.3) is 0 Å². The number of amides is 2.